The number of allylic oxidation sites excluding steroid dienone is 6. The molecule has 0 heterocycles. The maximum atomic E-state index is 13.9. The number of hydrogen-bond acceptors (Lipinski definition) is 7. The van der Waals surface area contributed by atoms with Crippen molar-refractivity contribution in [2.24, 2.45) is 40.4 Å². The van der Waals surface area contributed by atoms with Crippen LogP contribution >= 0.6 is 0 Å². The summed E-state index contributed by atoms with van der Waals surface area (Å²) in [6, 6.07) is 0. The molecule has 4 rings (SSSR count). The molecule has 0 amide bonds. The highest BCUT2D eigenvalue weighted by molar-refractivity contribution is 6.02. The van der Waals surface area contributed by atoms with Crippen molar-refractivity contribution in [2.75, 3.05) is 6.61 Å². The van der Waals surface area contributed by atoms with E-state index in [0.29, 0.717) is 6.42 Å². The lowest BCUT2D eigenvalue weighted by Crippen LogP contribution is -2.63. The lowest BCUT2D eigenvalue weighted by molar-refractivity contribution is -0.198. The van der Waals surface area contributed by atoms with Crippen LogP contribution in [-0.4, -0.2) is 41.5 Å². The van der Waals surface area contributed by atoms with E-state index in [2.05, 4.69) is 0 Å². The van der Waals surface area contributed by atoms with E-state index in [1.54, 1.807) is 19.9 Å². The Morgan fingerprint density at radius 3 is 2.46 bits per heavy atom. The Morgan fingerprint density at radius 1 is 1.14 bits per heavy atom. The largest absolute Gasteiger partial charge is 0.458 e. The van der Waals surface area contributed by atoms with E-state index in [9.17, 15) is 24.0 Å². The molecular formula is C28H34O7. The molecule has 35 heavy (non-hydrogen) atoms. The van der Waals surface area contributed by atoms with Gasteiger partial charge in [0.1, 0.15) is 5.78 Å². The lowest BCUT2D eigenvalue weighted by Gasteiger charge is -2.55. The van der Waals surface area contributed by atoms with Gasteiger partial charge in [0, 0.05) is 36.0 Å². The second-order valence-electron chi connectivity index (χ2n) is 11.4. The average molecular weight is 483 g/mol. The number of carbonyl (C=O) groups is 5. The number of fused-ring (bicyclic) bond motifs is 5. The van der Waals surface area contributed by atoms with Crippen molar-refractivity contribution in [3.8, 4) is 0 Å². The Bertz CT molecular complexity index is 1090. The Balaban J connectivity index is 1.82. The summed E-state index contributed by atoms with van der Waals surface area (Å²) < 4.78 is 11.1. The third-order valence-electron chi connectivity index (χ3n) is 8.92. The van der Waals surface area contributed by atoms with Gasteiger partial charge in [0.15, 0.2) is 18.0 Å². The Kier molecular flexibility index (Phi) is 6.05. The highest BCUT2D eigenvalue weighted by Crippen LogP contribution is 2.67. The second kappa shape index (κ2) is 8.38. The molecular weight excluding hydrogens is 448 g/mol. The number of carbonyl (C=O) groups excluding carboxylic acids is 5. The summed E-state index contributed by atoms with van der Waals surface area (Å²) in [6.45, 7) is 9.84. The van der Waals surface area contributed by atoms with E-state index in [-0.39, 0.29) is 41.7 Å². The molecule has 188 valence electrons. The van der Waals surface area contributed by atoms with Gasteiger partial charge in [-0.25, -0.2) is 0 Å². The number of ketones is 3. The van der Waals surface area contributed by atoms with Crippen LogP contribution in [0, 0.1) is 40.4 Å². The number of Topliss-reactive ketones (excluding diaryl/α,β-unsaturated/α-hetero) is 2. The van der Waals surface area contributed by atoms with Gasteiger partial charge in [-0.3, -0.25) is 24.0 Å². The third-order valence-corrected chi connectivity index (χ3v) is 8.92. The van der Waals surface area contributed by atoms with Gasteiger partial charge in [0.2, 0.25) is 5.78 Å². The molecule has 7 atom stereocenters. The first-order valence-electron chi connectivity index (χ1n) is 12.3. The maximum Gasteiger partial charge on any atom is 0.309 e. The van der Waals surface area contributed by atoms with Gasteiger partial charge in [0.05, 0.1) is 5.92 Å². The summed E-state index contributed by atoms with van der Waals surface area (Å²) >= 11 is 0. The van der Waals surface area contributed by atoms with Crippen molar-refractivity contribution in [1.82, 2.24) is 0 Å². The van der Waals surface area contributed by atoms with Gasteiger partial charge in [-0.05, 0) is 36.0 Å². The van der Waals surface area contributed by atoms with Crippen LogP contribution in [0.4, 0.5) is 0 Å². The standard InChI is InChI=1S/C28H34O7/c1-15(2)25(33)35-28(23(32)14-34-17(4)29)16(3)11-21-20-8-7-18-12-19(30)9-10-26(18,5)24(20)22(31)13-27(21,28)6/h7-10,12,15-16,20-21,24H,11,13-14H2,1-6H3/t16?,20-,21-,24+,26-,27-,28-/m0/s1. The molecule has 0 radical (unpaired) electrons. The summed E-state index contributed by atoms with van der Waals surface area (Å²) in [7, 11) is 0. The molecule has 0 aromatic heterocycles. The quantitative estimate of drug-likeness (QED) is 0.552. The summed E-state index contributed by atoms with van der Waals surface area (Å²) in [5.74, 6) is -3.27. The molecule has 2 fully saturated rings. The SMILES string of the molecule is CC(=O)OCC(=O)[C@@]1(OC(=O)C(C)C)C(C)C[C@H]2[C@@H]3C=CC4=CC(=O)C=C[C@]4(C)[C@H]3C(=O)C[C@@]21C. The zero-order valence-electron chi connectivity index (χ0n) is 21.3. The Labute approximate surface area is 206 Å². The van der Waals surface area contributed by atoms with Gasteiger partial charge in [-0.15, -0.1) is 0 Å². The first kappa shape index (κ1) is 25.3. The van der Waals surface area contributed by atoms with E-state index in [4.69, 9.17) is 9.47 Å². The minimum Gasteiger partial charge on any atom is -0.458 e. The van der Waals surface area contributed by atoms with E-state index >= 15 is 0 Å². The summed E-state index contributed by atoms with van der Waals surface area (Å²) in [6.07, 6.45) is 9.49. The molecule has 1 unspecified atom stereocenters. The first-order valence-corrected chi connectivity index (χ1v) is 12.3. The Morgan fingerprint density at radius 2 is 1.83 bits per heavy atom. The van der Waals surface area contributed by atoms with E-state index < -0.39 is 46.7 Å². The number of rotatable bonds is 5. The van der Waals surface area contributed by atoms with Crippen LogP contribution in [0.3, 0.4) is 0 Å². The highest BCUT2D eigenvalue weighted by Gasteiger charge is 2.72. The van der Waals surface area contributed by atoms with Crippen LogP contribution in [0.2, 0.25) is 0 Å². The fourth-order valence-corrected chi connectivity index (χ4v) is 7.24. The number of hydrogen-bond donors (Lipinski definition) is 0. The molecule has 0 N–H and O–H groups in total. The average Bonchev–Trinajstić information content (AvgIpc) is 2.99. The minimum absolute atomic E-state index is 0.0233. The molecule has 4 aliphatic rings. The second-order valence-corrected chi connectivity index (χ2v) is 11.4. The van der Waals surface area contributed by atoms with Crippen LogP contribution in [0.5, 0.6) is 0 Å². The van der Waals surface area contributed by atoms with Gasteiger partial charge < -0.3 is 9.47 Å². The molecule has 7 nitrogen and oxygen atoms in total. The van der Waals surface area contributed by atoms with E-state index in [1.165, 1.54) is 13.0 Å². The monoisotopic (exact) mass is 482 g/mol. The smallest absolute Gasteiger partial charge is 0.309 e. The lowest BCUT2D eigenvalue weighted by atomic mass is 9.48. The van der Waals surface area contributed by atoms with Gasteiger partial charge in [-0.2, -0.15) is 0 Å². The zero-order valence-corrected chi connectivity index (χ0v) is 21.3. The third kappa shape index (κ3) is 3.57. The zero-order chi connectivity index (χ0) is 25.9. The summed E-state index contributed by atoms with van der Waals surface area (Å²) in [4.78, 5) is 64.1. The maximum absolute atomic E-state index is 13.9. The van der Waals surface area contributed by atoms with Gasteiger partial charge in [0.25, 0.3) is 0 Å². The van der Waals surface area contributed by atoms with Crippen LogP contribution in [-0.2, 0) is 33.4 Å². The first-order chi connectivity index (χ1) is 16.3. The number of esters is 2. The predicted molar refractivity (Wildman–Crippen MR) is 127 cm³/mol. The van der Waals surface area contributed by atoms with E-state index in [1.807, 2.05) is 39.0 Å². The molecule has 2 saturated carbocycles. The van der Waals surface area contributed by atoms with Crippen LogP contribution < -0.4 is 0 Å². The molecule has 0 aromatic carbocycles. The normalized spacial score (nSPS) is 39.5. The van der Waals surface area contributed by atoms with E-state index in [0.717, 1.165) is 5.57 Å². The van der Waals surface area contributed by atoms with Crippen molar-refractivity contribution in [1.29, 1.82) is 0 Å². The predicted octanol–water partition coefficient (Wildman–Crippen LogP) is 3.57. The van der Waals surface area contributed by atoms with Crippen LogP contribution in [0.15, 0.2) is 36.0 Å². The molecule has 7 heteroatoms. The number of ether oxygens (including phenoxy) is 2. The summed E-state index contributed by atoms with van der Waals surface area (Å²) in [5, 5.41) is 0. The van der Waals surface area contributed by atoms with Crippen molar-refractivity contribution >= 4 is 29.3 Å². The Hall–Kier alpha value is -2.83. The highest BCUT2D eigenvalue weighted by atomic mass is 16.6. The van der Waals surface area contributed by atoms with Crippen LogP contribution in [0.1, 0.15) is 54.4 Å². The molecule has 0 saturated heterocycles. The van der Waals surface area contributed by atoms with Crippen molar-refractivity contribution < 1.29 is 33.4 Å². The van der Waals surface area contributed by atoms with Gasteiger partial charge in [-0.1, -0.05) is 52.8 Å². The fourth-order valence-electron chi connectivity index (χ4n) is 7.24. The topological polar surface area (TPSA) is 104 Å². The van der Waals surface area contributed by atoms with Crippen molar-refractivity contribution in [3.63, 3.8) is 0 Å². The molecule has 0 aromatic rings. The minimum atomic E-state index is -1.58. The molecule has 0 aliphatic heterocycles. The fraction of sp³-hybridized carbons (Fsp3) is 0.607. The van der Waals surface area contributed by atoms with Crippen LogP contribution in [0.25, 0.3) is 0 Å². The van der Waals surface area contributed by atoms with Crippen molar-refractivity contribution in [3.05, 3.63) is 36.0 Å². The van der Waals surface area contributed by atoms with Gasteiger partial charge >= 0.3 is 11.9 Å². The molecule has 0 bridgehead atoms. The molecule has 4 aliphatic carbocycles. The molecule has 0 spiro atoms. The van der Waals surface area contributed by atoms with Crippen molar-refractivity contribution in [2.45, 2.75) is 60.0 Å². The summed E-state index contributed by atoms with van der Waals surface area (Å²) in [5.41, 5.74) is -2.35.